The van der Waals surface area contributed by atoms with Crippen LogP contribution in [0.25, 0.3) is 0 Å². The quantitative estimate of drug-likeness (QED) is 0.239. The largest absolute Gasteiger partial charge is 0.493 e. The number of methoxy groups -OCH3 is 1. The Kier molecular flexibility index (Phi) is 7.70. The Morgan fingerprint density at radius 1 is 1.03 bits per heavy atom. The van der Waals surface area contributed by atoms with Gasteiger partial charge in [-0.1, -0.05) is 29.8 Å². The molecule has 7 nitrogen and oxygen atoms in total. The molecule has 0 aliphatic heterocycles. The third-order valence-corrected chi connectivity index (χ3v) is 6.77. The Labute approximate surface area is 202 Å². The summed E-state index contributed by atoms with van der Waals surface area (Å²) in [6.45, 7) is 1.86. The van der Waals surface area contributed by atoms with E-state index in [-0.39, 0.29) is 22.3 Å². The first-order chi connectivity index (χ1) is 15.2. The summed E-state index contributed by atoms with van der Waals surface area (Å²) in [5.41, 5.74) is 4.35. The average molecular weight is 582 g/mol. The summed E-state index contributed by atoms with van der Waals surface area (Å²) in [4.78, 5) is 12.3. The molecule has 166 valence electrons. The average Bonchev–Trinajstić information content (AvgIpc) is 2.75. The third kappa shape index (κ3) is 5.76. The maximum Gasteiger partial charge on any atom is 0.339 e. The van der Waals surface area contributed by atoms with Crippen LogP contribution >= 0.6 is 31.9 Å². The minimum atomic E-state index is -4.07. The molecule has 0 saturated carbocycles. The zero-order valence-electron chi connectivity index (χ0n) is 17.0. The van der Waals surface area contributed by atoms with Crippen LogP contribution in [0.2, 0.25) is 0 Å². The molecule has 0 aromatic heterocycles. The molecular weight excluding hydrogens is 564 g/mol. The van der Waals surface area contributed by atoms with E-state index in [0.29, 0.717) is 20.1 Å². The van der Waals surface area contributed by atoms with Crippen LogP contribution in [0.5, 0.6) is 11.5 Å². The number of hydrogen-bond donors (Lipinski definition) is 1. The monoisotopic (exact) mass is 580 g/mol. The summed E-state index contributed by atoms with van der Waals surface area (Å²) >= 11 is 6.63. The molecule has 3 rings (SSSR count). The molecule has 0 saturated heterocycles. The van der Waals surface area contributed by atoms with E-state index in [0.717, 1.165) is 5.56 Å². The van der Waals surface area contributed by atoms with Gasteiger partial charge in [0.1, 0.15) is 4.90 Å². The first kappa shape index (κ1) is 24.0. The fourth-order valence-electron chi connectivity index (χ4n) is 2.63. The van der Waals surface area contributed by atoms with Crippen LogP contribution < -0.4 is 14.3 Å². The van der Waals surface area contributed by atoms with Crippen LogP contribution in [-0.2, 0) is 10.1 Å². The molecule has 0 atom stereocenters. The maximum atomic E-state index is 12.7. The molecule has 32 heavy (non-hydrogen) atoms. The Morgan fingerprint density at radius 2 is 1.72 bits per heavy atom. The van der Waals surface area contributed by atoms with Crippen molar-refractivity contribution in [3.63, 3.8) is 0 Å². The van der Waals surface area contributed by atoms with Gasteiger partial charge in [-0.3, -0.25) is 4.79 Å². The Bertz CT molecular complexity index is 1280. The second kappa shape index (κ2) is 10.3. The van der Waals surface area contributed by atoms with Crippen LogP contribution in [0.1, 0.15) is 21.5 Å². The minimum absolute atomic E-state index is 0.00229. The van der Waals surface area contributed by atoms with Crippen LogP contribution in [0.15, 0.2) is 79.6 Å². The molecule has 0 bridgehead atoms. The van der Waals surface area contributed by atoms with Gasteiger partial charge in [0.2, 0.25) is 0 Å². The fourth-order valence-corrected chi connectivity index (χ4v) is 4.70. The number of halogens is 2. The van der Waals surface area contributed by atoms with Crippen LogP contribution in [0.3, 0.4) is 0 Å². The van der Waals surface area contributed by atoms with E-state index in [2.05, 4.69) is 42.4 Å². The number of carbonyl (C=O) groups is 1. The molecular formula is C22H18Br2N2O5S. The van der Waals surface area contributed by atoms with E-state index in [4.69, 9.17) is 8.92 Å². The molecule has 3 aromatic carbocycles. The summed E-state index contributed by atoms with van der Waals surface area (Å²) < 4.78 is 36.9. The number of amides is 1. The molecule has 0 radical (unpaired) electrons. The first-order valence-electron chi connectivity index (χ1n) is 9.18. The van der Waals surface area contributed by atoms with E-state index in [1.165, 1.54) is 25.5 Å². The predicted molar refractivity (Wildman–Crippen MR) is 129 cm³/mol. The van der Waals surface area contributed by atoms with Gasteiger partial charge >= 0.3 is 10.1 Å². The van der Waals surface area contributed by atoms with Gasteiger partial charge in [-0.2, -0.15) is 13.5 Å². The number of hydrogen-bond acceptors (Lipinski definition) is 6. The minimum Gasteiger partial charge on any atom is -0.493 e. The van der Waals surface area contributed by atoms with Gasteiger partial charge in [0, 0.05) is 4.47 Å². The van der Waals surface area contributed by atoms with Gasteiger partial charge < -0.3 is 8.92 Å². The Hall–Kier alpha value is -2.69. The zero-order valence-corrected chi connectivity index (χ0v) is 21.0. The highest BCUT2D eigenvalue weighted by Gasteiger charge is 2.22. The van der Waals surface area contributed by atoms with E-state index in [1.807, 2.05) is 6.92 Å². The summed E-state index contributed by atoms with van der Waals surface area (Å²) in [6, 6.07) is 16.4. The van der Waals surface area contributed by atoms with Gasteiger partial charge in [0.15, 0.2) is 11.5 Å². The second-order valence-electron chi connectivity index (χ2n) is 6.56. The summed E-state index contributed by atoms with van der Waals surface area (Å²) in [5, 5.41) is 3.95. The van der Waals surface area contributed by atoms with Crippen molar-refractivity contribution in [1.82, 2.24) is 5.43 Å². The number of benzene rings is 3. The number of carbonyl (C=O) groups excluding carboxylic acids is 1. The topological polar surface area (TPSA) is 94.1 Å². The standard InChI is InChI=1S/C22H18Br2N2O5S/c1-14-7-9-16(10-8-14)32(28,29)31-21-19(24)11-15(12-20(21)30-2)13-25-26-22(27)17-5-3-4-6-18(17)23/h3-13H,1-2H3,(H,26,27)/b25-13+. The highest BCUT2D eigenvalue weighted by Crippen LogP contribution is 2.38. The molecule has 0 spiro atoms. The lowest BCUT2D eigenvalue weighted by molar-refractivity contribution is 0.0954. The highest BCUT2D eigenvalue weighted by molar-refractivity contribution is 9.10. The lowest BCUT2D eigenvalue weighted by atomic mass is 10.2. The molecule has 0 aliphatic carbocycles. The summed E-state index contributed by atoms with van der Waals surface area (Å²) in [7, 11) is -2.67. The number of rotatable bonds is 7. The Morgan fingerprint density at radius 3 is 2.38 bits per heavy atom. The van der Waals surface area contributed by atoms with Crippen molar-refractivity contribution in [2.45, 2.75) is 11.8 Å². The van der Waals surface area contributed by atoms with Crippen LogP contribution in [0.4, 0.5) is 0 Å². The fraction of sp³-hybridized carbons (Fsp3) is 0.0909. The van der Waals surface area contributed by atoms with Crippen molar-refractivity contribution in [2.24, 2.45) is 5.10 Å². The summed E-state index contributed by atoms with van der Waals surface area (Å²) in [5.74, 6) is -0.208. The van der Waals surface area contributed by atoms with Crippen LogP contribution in [0, 0.1) is 6.92 Å². The number of hydrazone groups is 1. The van der Waals surface area contributed by atoms with Gasteiger partial charge in [0.05, 0.1) is 23.4 Å². The molecule has 0 unspecified atom stereocenters. The highest BCUT2D eigenvalue weighted by atomic mass is 79.9. The first-order valence-corrected chi connectivity index (χ1v) is 12.2. The lowest BCUT2D eigenvalue weighted by Crippen LogP contribution is -2.18. The Balaban J connectivity index is 1.80. The summed E-state index contributed by atoms with van der Waals surface area (Å²) in [6.07, 6.45) is 1.40. The molecule has 1 N–H and O–H groups in total. The lowest BCUT2D eigenvalue weighted by Gasteiger charge is -2.13. The van der Waals surface area contributed by atoms with E-state index >= 15 is 0 Å². The molecule has 1 amide bonds. The van der Waals surface area contributed by atoms with Gasteiger partial charge in [-0.15, -0.1) is 0 Å². The molecule has 0 aliphatic rings. The normalized spacial score (nSPS) is 11.4. The number of aryl methyl sites for hydroxylation is 1. The van der Waals surface area contributed by atoms with Gasteiger partial charge in [-0.25, -0.2) is 5.43 Å². The van der Waals surface area contributed by atoms with Crippen molar-refractivity contribution >= 4 is 54.1 Å². The van der Waals surface area contributed by atoms with Gasteiger partial charge in [0.25, 0.3) is 5.91 Å². The van der Waals surface area contributed by atoms with Crippen molar-refractivity contribution in [2.75, 3.05) is 7.11 Å². The number of nitrogens with one attached hydrogen (secondary N) is 1. The molecule has 0 fully saturated rings. The molecule has 3 aromatic rings. The third-order valence-electron chi connectivity index (χ3n) is 4.25. The smallest absolute Gasteiger partial charge is 0.339 e. The number of nitrogens with zero attached hydrogens (tertiary/aromatic N) is 1. The zero-order chi connectivity index (χ0) is 23.3. The van der Waals surface area contributed by atoms with E-state index in [1.54, 1.807) is 48.5 Å². The maximum absolute atomic E-state index is 12.7. The van der Waals surface area contributed by atoms with Crippen LogP contribution in [-0.4, -0.2) is 27.6 Å². The van der Waals surface area contributed by atoms with Crippen molar-refractivity contribution in [3.05, 3.63) is 86.3 Å². The second-order valence-corrected chi connectivity index (χ2v) is 9.82. The van der Waals surface area contributed by atoms with Crippen molar-refractivity contribution < 1.29 is 22.1 Å². The van der Waals surface area contributed by atoms with Crippen molar-refractivity contribution in [3.8, 4) is 11.5 Å². The van der Waals surface area contributed by atoms with Crippen molar-refractivity contribution in [1.29, 1.82) is 0 Å². The van der Waals surface area contributed by atoms with E-state index < -0.39 is 10.1 Å². The van der Waals surface area contributed by atoms with Gasteiger partial charge in [-0.05, 0) is 80.7 Å². The predicted octanol–water partition coefficient (Wildman–Crippen LogP) is 5.06. The van der Waals surface area contributed by atoms with E-state index in [9.17, 15) is 13.2 Å². The number of ether oxygens (including phenoxy) is 1. The molecule has 10 heteroatoms. The SMILES string of the molecule is COc1cc(/C=N/NC(=O)c2ccccc2Br)cc(Br)c1OS(=O)(=O)c1ccc(C)cc1. The molecule has 0 heterocycles.